The van der Waals surface area contributed by atoms with E-state index in [1.54, 1.807) is 0 Å². The van der Waals surface area contributed by atoms with Gasteiger partial charge >= 0.3 is 5.97 Å². The van der Waals surface area contributed by atoms with Gasteiger partial charge < -0.3 is 18.6 Å². The zero-order valence-corrected chi connectivity index (χ0v) is 13.2. The van der Waals surface area contributed by atoms with Crippen molar-refractivity contribution in [3.05, 3.63) is 0 Å². The van der Waals surface area contributed by atoms with Crippen molar-refractivity contribution in [3.63, 3.8) is 0 Å². The first-order chi connectivity index (χ1) is 8.60. The molecule has 19 heavy (non-hydrogen) atoms. The van der Waals surface area contributed by atoms with E-state index in [0.717, 1.165) is 0 Å². The van der Waals surface area contributed by atoms with Crippen LogP contribution in [0.15, 0.2) is 0 Å². The van der Waals surface area contributed by atoms with Gasteiger partial charge in [-0.2, -0.15) is 0 Å². The number of rotatable bonds is 2. The molecule has 5 nitrogen and oxygen atoms in total. The average Bonchev–Trinajstić information content (AvgIpc) is 2.61. The lowest BCUT2D eigenvalue weighted by Gasteiger charge is -2.37. The van der Waals surface area contributed by atoms with Gasteiger partial charge in [0.05, 0.1) is 6.10 Å². The quantitative estimate of drug-likeness (QED) is 0.572. The summed E-state index contributed by atoms with van der Waals surface area (Å²) < 4.78 is 23.4. The Balaban J connectivity index is 1.87. The maximum atomic E-state index is 12.2. The molecule has 3 fully saturated rings. The lowest BCUT2D eigenvalue weighted by molar-refractivity contribution is -0.171. The largest absolute Gasteiger partial charge is 0.457 e. The Labute approximate surface area is 114 Å². The van der Waals surface area contributed by atoms with Gasteiger partial charge in [-0.15, -0.1) is 0 Å². The summed E-state index contributed by atoms with van der Waals surface area (Å²) in [5, 5.41) is 0. The average molecular weight is 286 g/mol. The van der Waals surface area contributed by atoms with Gasteiger partial charge in [-0.05, 0) is 33.5 Å². The van der Waals surface area contributed by atoms with Crippen LogP contribution in [0.4, 0.5) is 0 Å². The maximum Gasteiger partial charge on any atom is 0.337 e. The molecule has 0 amide bonds. The van der Waals surface area contributed by atoms with E-state index in [1.165, 1.54) is 0 Å². The highest BCUT2D eigenvalue weighted by Gasteiger charge is 2.64. The Morgan fingerprint density at radius 3 is 2.42 bits per heavy atom. The summed E-state index contributed by atoms with van der Waals surface area (Å²) in [5.41, 5.74) is -0.805. The van der Waals surface area contributed by atoms with Gasteiger partial charge in [0.15, 0.2) is 19.7 Å². The van der Waals surface area contributed by atoms with Crippen LogP contribution in [0.5, 0.6) is 0 Å². The number of esters is 1. The van der Waals surface area contributed by atoms with Gasteiger partial charge in [0.25, 0.3) is 0 Å². The second kappa shape index (κ2) is 3.81. The Hall–Kier alpha value is -0.433. The van der Waals surface area contributed by atoms with Crippen molar-refractivity contribution >= 4 is 14.3 Å². The fraction of sp³-hybridized carbons (Fsp3) is 0.923. The Kier molecular flexibility index (Phi) is 2.72. The van der Waals surface area contributed by atoms with Crippen LogP contribution in [0.3, 0.4) is 0 Å². The number of ether oxygens (including phenoxy) is 3. The fourth-order valence-electron chi connectivity index (χ4n) is 3.42. The molecular weight excluding hydrogens is 264 g/mol. The lowest BCUT2D eigenvalue weighted by atomic mass is 9.82. The van der Waals surface area contributed by atoms with E-state index >= 15 is 0 Å². The molecule has 3 rings (SSSR count). The molecule has 2 heterocycles. The SMILES string of the molecule is CC1(C)O[C@H]2[C@H]3C[C@@](O[Si](C)(C)C)(C[C@H]2O1)C(=O)O3. The molecule has 0 aromatic carbocycles. The van der Waals surface area contributed by atoms with Crippen molar-refractivity contribution in [2.75, 3.05) is 0 Å². The molecule has 0 spiro atoms. The van der Waals surface area contributed by atoms with Crippen LogP contribution in [0.1, 0.15) is 26.7 Å². The van der Waals surface area contributed by atoms with Gasteiger partial charge in [-0.1, -0.05) is 0 Å². The highest BCUT2D eigenvalue weighted by Crippen LogP contribution is 2.48. The third kappa shape index (κ3) is 2.24. The highest BCUT2D eigenvalue weighted by atomic mass is 28.4. The van der Waals surface area contributed by atoms with E-state index < -0.39 is 19.7 Å². The molecule has 6 heteroatoms. The fourth-order valence-corrected chi connectivity index (χ4v) is 4.84. The summed E-state index contributed by atoms with van der Waals surface area (Å²) >= 11 is 0. The summed E-state index contributed by atoms with van der Waals surface area (Å²) in [6.07, 6.45) is 0.637. The van der Waals surface area contributed by atoms with E-state index in [0.29, 0.717) is 12.8 Å². The van der Waals surface area contributed by atoms with Crippen LogP contribution in [-0.2, 0) is 23.4 Å². The molecule has 3 aliphatic rings. The van der Waals surface area contributed by atoms with Crippen molar-refractivity contribution in [1.82, 2.24) is 0 Å². The summed E-state index contributed by atoms with van der Waals surface area (Å²) in [6.45, 7) is 10.1. The molecule has 1 aliphatic carbocycles. The van der Waals surface area contributed by atoms with E-state index in [2.05, 4.69) is 19.6 Å². The lowest BCUT2D eigenvalue weighted by Crippen LogP contribution is -2.52. The molecule has 0 aromatic heterocycles. The van der Waals surface area contributed by atoms with Crippen LogP contribution in [0, 0.1) is 0 Å². The summed E-state index contributed by atoms with van der Waals surface area (Å²) in [7, 11) is -1.83. The molecule has 0 N–H and O–H groups in total. The van der Waals surface area contributed by atoms with Crippen LogP contribution >= 0.6 is 0 Å². The molecule has 2 aliphatic heterocycles. The number of carbonyl (C=O) groups excluding carboxylic acids is 1. The molecule has 0 unspecified atom stereocenters. The number of hydrogen-bond donors (Lipinski definition) is 0. The van der Waals surface area contributed by atoms with Gasteiger partial charge in [0, 0.05) is 12.8 Å². The smallest absolute Gasteiger partial charge is 0.337 e. The Morgan fingerprint density at radius 2 is 1.79 bits per heavy atom. The zero-order valence-electron chi connectivity index (χ0n) is 12.2. The first kappa shape index (κ1) is 13.5. The van der Waals surface area contributed by atoms with Gasteiger partial charge in [0.2, 0.25) is 0 Å². The molecule has 1 saturated carbocycles. The standard InChI is InChI=1S/C13H22O5Si/c1-12(2)16-9-7-13(18-19(3,4)5)6-8(10(9)17-12)15-11(13)14/h8-10H,6-7H2,1-5H3/t8-,9-,10+,13-/m1/s1. The summed E-state index contributed by atoms with van der Waals surface area (Å²) in [5.74, 6) is -0.841. The minimum Gasteiger partial charge on any atom is -0.457 e. The van der Waals surface area contributed by atoms with E-state index in [4.69, 9.17) is 18.6 Å². The Morgan fingerprint density at radius 1 is 1.16 bits per heavy atom. The topological polar surface area (TPSA) is 54.0 Å². The number of hydrogen-bond acceptors (Lipinski definition) is 5. The molecule has 2 saturated heterocycles. The maximum absolute atomic E-state index is 12.2. The third-order valence-corrected chi connectivity index (χ3v) is 4.78. The van der Waals surface area contributed by atoms with Gasteiger partial charge in [-0.25, -0.2) is 4.79 Å². The second-order valence-corrected chi connectivity index (χ2v) is 11.6. The molecule has 4 atom stereocenters. The summed E-state index contributed by atoms with van der Waals surface area (Å²) in [4.78, 5) is 12.2. The predicted octanol–water partition coefficient (Wildman–Crippen LogP) is 1.82. The monoisotopic (exact) mass is 286 g/mol. The first-order valence-electron chi connectivity index (χ1n) is 6.87. The number of carbonyl (C=O) groups is 1. The molecule has 0 radical (unpaired) electrons. The van der Waals surface area contributed by atoms with Crippen LogP contribution in [-0.4, -0.2) is 44.0 Å². The molecule has 108 valence electrons. The van der Waals surface area contributed by atoms with Crippen molar-refractivity contribution in [2.45, 2.75) is 76.0 Å². The highest BCUT2D eigenvalue weighted by molar-refractivity contribution is 6.70. The first-order valence-corrected chi connectivity index (χ1v) is 10.3. The Bertz CT molecular complexity index is 416. The minimum absolute atomic E-state index is 0.114. The van der Waals surface area contributed by atoms with Crippen molar-refractivity contribution < 1.29 is 23.4 Å². The second-order valence-electron chi connectivity index (χ2n) is 7.20. The van der Waals surface area contributed by atoms with Gasteiger partial charge in [0.1, 0.15) is 12.2 Å². The van der Waals surface area contributed by atoms with E-state index in [-0.39, 0.29) is 24.3 Å². The van der Waals surface area contributed by atoms with Crippen LogP contribution in [0.2, 0.25) is 19.6 Å². The zero-order chi connectivity index (χ0) is 14.1. The predicted molar refractivity (Wildman–Crippen MR) is 70.1 cm³/mol. The van der Waals surface area contributed by atoms with Crippen LogP contribution < -0.4 is 0 Å². The normalized spacial score (nSPS) is 44.1. The molecule has 0 aromatic rings. The van der Waals surface area contributed by atoms with Gasteiger partial charge in [-0.3, -0.25) is 0 Å². The minimum atomic E-state index is -1.83. The molecule has 2 bridgehead atoms. The van der Waals surface area contributed by atoms with Crippen molar-refractivity contribution in [1.29, 1.82) is 0 Å². The number of fused-ring (bicyclic) bond motifs is 4. The van der Waals surface area contributed by atoms with Crippen LogP contribution in [0.25, 0.3) is 0 Å². The summed E-state index contributed by atoms with van der Waals surface area (Å²) in [6, 6.07) is 0. The van der Waals surface area contributed by atoms with E-state index in [1.807, 2.05) is 13.8 Å². The third-order valence-electron chi connectivity index (χ3n) is 3.78. The van der Waals surface area contributed by atoms with E-state index in [9.17, 15) is 4.79 Å². The van der Waals surface area contributed by atoms with Crippen molar-refractivity contribution in [3.8, 4) is 0 Å². The molecular formula is C13H22O5Si. The van der Waals surface area contributed by atoms with Crippen molar-refractivity contribution in [2.24, 2.45) is 0 Å².